The maximum atomic E-state index is 13.2. The number of carbonyl (C=O) groups is 4. The third-order valence-electron chi connectivity index (χ3n) is 7.74. The van der Waals surface area contributed by atoms with Crippen molar-refractivity contribution in [1.82, 2.24) is 0 Å². The molecule has 0 fully saturated rings. The van der Waals surface area contributed by atoms with Gasteiger partial charge < -0.3 is 18.9 Å². The lowest BCUT2D eigenvalue weighted by molar-refractivity contribution is -0.156. The molecule has 0 aromatic heterocycles. The smallest absolute Gasteiger partial charge is 0.423 e. The Kier molecular flexibility index (Phi) is 15.3. The lowest BCUT2D eigenvalue weighted by atomic mass is 9.84. The predicted molar refractivity (Wildman–Crippen MR) is 181 cm³/mol. The van der Waals surface area contributed by atoms with Gasteiger partial charge in [-0.25, -0.2) is 19.2 Å². The SMILES string of the molecule is CCCC(C)(CC)COC(=O)c1c(Cl)c(Cl)cc(Cl)c1OC(=O)C(=O)Oc1c(Cl)cc(Cl)c(Cl)c1C(=O)OCC(C)(CC)CCC. The van der Waals surface area contributed by atoms with E-state index in [4.69, 9.17) is 88.6 Å². The molecule has 0 spiro atoms. The molecule has 0 N–H and O–H groups in total. The molecule has 14 heteroatoms. The number of rotatable bonds is 14. The van der Waals surface area contributed by atoms with Crippen molar-refractivity contribution in [2.24, 2.45) is 10.8 Å². The Morgan fingerprint density at radius 1 is 0.587 bits per heavy atom. The zero-order valence-electron chi connectivity index (χ0n) is 26.3. The first-order valence-corrected chi connectivity index (χ1v) is 16.9. The zero-order valence-corrected chi connectivity index (χ0v) is 30.9. The van der Waals surface area contributed by atoms with Crippen molar-refractivity contribution in [3.8, 4) is 11.5 Å². The van der Waals surface area contributed by atoms with Gasteiger partial charge in [-0.2, -0.15) is 0 Å². The number of hydrogen-bond acceptors (Lipinski definition) is 8. The summed E-state index contributed by atoms with van der Waals surface area (Å²) in [7, 11) is 0. The molecular weight excluding hydrogens is 725 g/mol. The van der Waals surface area contributed by atoms with Crippen LogP contribution in [0.15, 0.2) is 12.1 Å². The number of halogens is 6. The molecule has 0 amide bonds. The lowest BCUT2D eigenvalue weighted by Crippen LogP contribution is -2.28. The maximum absolute atomic E-state index is 13.2. The minimum Gasteiger partial charge on any atom is -0.461 e. The standard InChI is InChI=1S/C32H36Cl6O8/c1-7-11-31(5,9-3)15-43-27(39)21-23(37)17(33)13-19(35)25(21)45-29(41)30(42)46-26-20(36)14-18(34)24(38)22(26)28(40)44-16-32(6,10-4)12-8-2/h13-14H,7-12,15-16H2,1-6H3. The fourth-order valence-corrected chi connectivity index (χ4v) is 5.96. The summed E-state index contributed by atoms with van der Waals surface area (Å²) in [6.07, 6.45) is 4.70. The van der Waals surface area contributed by atoms with Crippen LogP contribution in [0.5, 0.6) is 11.5 Å². The Balaban J connectivity index is 2.41. The summed E-state index contributed by atoms with van der Waals surface area (Å²) in [6.45, 7) is 11.9. The Morgan fingerprint density at radius 2 is 0.913 bits per heavy atom. The molecule has 2 aromatic rings. The summed E-state index contributed by atoms with van der Waals surface area (Å²) in [6, 6.07) is 2.24. The van der Waals surface area contributed by atoms with E-state index in [2.05, 4.69) is 0 Å². The Hall–Kier alpha value is -1.94. The van der Waals surface area contributed by atoms with E-state index < -0.39 is 46.5 Å². The molecule has 0 aliphatic heterocycles. The highest BCUT2D eigenvalue weighted by Gasteiger charge is 2.34. The van der Waals surface area contributed by atoms with Gasteiger partial charge in [0.25, 0.3) is 0 Å². The summed E-state index contributed by atoms with van der Waals surface area (Å²) in [5, 5.41) is -1.54. The van der Waals surface area contributed by atoms with E-state index in [9.17, 15) is 19.2 Å². The molecule has 0 aliphatic carbocycles. The molecule has 2 atom stereocenters. The van der Waals surface area contributed by atoms with Gasteiger partial charge in [-0.1, -0.05) is 124 Å². The summed E-state index contributed by atoms with van der Waals surface area (Å²) in [5.41, 5.74) is -1.61. The molecule has 0 bridgehead atoms. The number of ether oxygens (including phenoxy) is 4. The van der Waals surface area contributed by atoms with Crippen LogP contribution in [0.2, 0.25) is 30.1 Å². The van der Waals surface area contributed by atoms with Gasteiger partial charge in [0.2, 0.25) is 0 Å². The third kappa shape index (κ3) is 10.0. The van der Waals surface area contributed by atoms with Crippen molar-refractivity contribution >= 4 is 93.5 Å². The van der Waals surface area contributed by atoms with Crippen LogP contribution in [0.25, 0.3) is 0 Å². The second kappa shape index (κ2) is 17.5. The van der Waals surface area contributed by atoms with Crippen molar-refractivity contribution in [3.63, 3.8) is 0 Å². The third-order valence-corrected chi connectivity index (χ3v) is 9.87. The minimum atomic E-state index is -1.65. The average molecular weight is 761 g/mol. The van der Waals surface area contributed by atoms with Gasteiger partial charge in [0.15, 0.2) is 11.5 Å². The van der Waals surface area contributed by atoms with Gasteiger partial charge in [-0.15, -0.1) is 0 Å². The van der Waals surface area contributed by atoms with Crippen molar-refractivity contribution in [3.05, 3.63) is 53.4 Å². The van der Waals surface area contributed by atoms with E-state index in [1.807, 2.05) is 41.5 Å². The largest absolute Gasteiger partial charge is 0.461 e. The van der Waals surface area contributed by atoms with Gasteiger partial charge in [0.05, 0.1) is 43.3 Å². The highest BCUT2D eigenvalue weighted by atomic mass is 35.5. The fourth-order valence-electron chi connectivity index (χ4n) is 4.52. The Morgan fingerprint density at radius 3 is 1.20 bits per heavy atom. The lowest BCUT2D eigenvalue weighted by Gasteiger charge is -2.27. The molecule has 254 valence electrons. The topological polar surface area (TPSA) is 105 Å². The first kappa shape index (κ1) is 40.2. The highest BCUT2D eigenvalue weighted by Crippen LogP contribution is 2.42. The van der Waals surface area contributed by atoms with Crippen molar-refractivity contribution in [2.75, 3.05) is 13.2 Å². The molecule has 46 heavy (non-hydrogen) atoms. The van der Waals surface area contributed by atoms with E-state index in [0.29, 0.717) is 0 Å². The monoisotopic (exact) mass is 758 g/mol. The van der Waals surface area contributed by atoms with Crippen LogP contribution in [0.4, 0.5) is 0 Å². The zero-order chi connectivity index (χ0) is 35.0. The molecular formula is C32H36Cl6O8. The average Bonchev–Trinajstić information content (AvgIpc) is 3.00. The molecule has 2 rings (SSSR count). The number of hydrogen-bond donors (Lipinski definition) is 0. The van der Waals surface area contributed by atoms with Crippen LogP contribution in [0.3, 0.4) is 0 Å². The Bertz CT molecular complexity index is 1370. The van der Waals surface area contributed by atoms with Crippen LogP contribution in [-0.2, 0) is 19.1 Å². The predicted octanol–water partition coefficient (Wildman–Crippen LogP) is 10.9. The highest BCUT2D eigenvalue weighted by molar-refractivity contribution is 6.47. The fraction of sp³-hybridized carbons (Fsp3) is 0.500. The molecule has 2 unspecified atom stereocenters. The first-order valence-electron chi connectivity index (χ1n) is 14.6. The van der Waals surface area contributed by atoms with Crippen LogP contribution in [0, 0.1) is 10.8 Å². The summed E-state index contributed by atoms with van der Waals surface area (Å²) in [5.74, 6) is -6.46. The van der Waals surface area contributed by atoms with E-state index >= 15 is 0 Å². The first-order chi connectivity index (χ1) is 21.5. The van der Waals surface area contributed by atoms with Crippen molar-refractivity contribution in [1.29, 1.82) is 0 Å². The minimum absolute atomic E-state index is 0.0244. The molecule has 0 heterocycles. The van der Waals surface area contributed by atoms with E-state index in [1.165, 1.54) is 0 Å². The molecule has 2 aromatic carbocycles. The maximum Gasteiger partial charge on any atom is 0.423 e. The van der Waals surface area contributed by atoms with Crippen LogP contribution >= 0.6 is 69.6 Å². The second-order valence-electron chi connectivity index (χ2n) is 11.5. The second-order valence-corrected chi connectivity index (χ2v) is 13.9. The number of esters is 4. The van der Waals surface area contributed by atoms with Crippen LogP contribution in [-0.4, -0.2) is 37.1 Å². The van der Waals surface area contributed by atoms with Gasteiger partial charge in [-0.05, 0) is 37.8 Å². The quantitative estimate of drug-likeness (QED) is 0.0811. The molecule has 0 radical (unpaired) electrons. The van der Waals surface area contributed by atoms with Gasteiger partial charge >= 0.3 is 23.9 Å². The van der Waals surface area contributed by atoms with Crippen LogP contribution < -0.4 is 9.47 Å². The van der Waals surface area contributed by atoms with Crippen molar-refractivity contribution in [2.45, 2.75) is 80.1 Å². The molecule has 0 saturated heterocycles. The summed E-state index contributed by atoms with van der Waals surface area (Å²) in [4.78, 5) is 52.4. The van der Waals surface area contributed by atoms with E-state index in [-0.39, 0.29) is 54.2 Å². The number of carbonyl (C=O) groups excluding carboxylic acids is 4. The van der Waals surface area contributed by atoms with Crippen LogP contribution in [0.1, 0.15) is 101 Å². The summed E-state index contributed by atoms with van der Waals surface area (Å²) < 4.78 is 21.4. The van der Waals surface area contributed by atoms with E-state index in [0.717, 1.165) is 50.7 Å². The molecule has 8 nitrogen and oxygen atoms in total. The van der Waals surface area contributed by atoms with Gasteiger partial charge in [0, 0.05) is 10.8 Å². The Labute approximate surface area is 299 Å². The van der Waals surface area contributed by atoms with Gasteiger partial charge in [0.1, 0.15) is 11.1 Å². The normalized spacial score (nSPS) is 13.7. The van der Waals surface area contributed by atoms with Gasteiger partial charge in [-0.3, -0.25) is 0 Å². The summed E-state index contributed by atoms with van der Waals surface area (Å²) >= 11 is 37.4. The van der Waals surface area contributed by atoms with Crippen molar-refractivity contribution < 1.29 is 38.1 Å². The number of benzene rings is 2. The molecule has 0 saturated carbocycles. The molecule has 0 aliphatic rings. The van der Waals surface area contributed by atoms with E-state index in [1.54, 1.807) is 0 Å².